The van der Waals surface area contributed by atoms with Gasteiger partial charge in [-0.2, -0.15) is 0 Å². The predicted octanol–water partition coefficient (Wildman–Crippen LogP) is 2.35. The molecule has 0 bridgehead atoms. The van der Waals surface area contributed by atoms with Crippen LogP contribution in [0, 0.1) is 5.92 Å². The fourth-order valence-electron chi connectivity index (χ4n) is 1.68. The number of rotatable bonds is 7. The molecule has 0 spiro atoms. The van der Waals surface area contributed by atoms with E-state index in [1.54, 1.807) is 6.07 Å². The van der Waals surface area contributed by atoms with E-state index >= 15 is 0 Å². The van der Waals surface area contributed by atoms with Gasteiger partial charge in [0, 0.05) is 6.04 Å². The Bertz CT molecular complexity index is 460. The average molecular weight is 273 g/mol. The number of hydrogen-bond acceptors (Lipinski definition) is 4. The molecule has 5 heteroatoms. The zero-order valence-electron chi connectivity index (χ0n) is 11.6. The standard InChI is InChI=1S/C13H23NO3S/c1-10(2)8-18(15,16)9-13-6-5-12(17-13)7-14-11(3)4/h5-6,10-11,14H,7-9H2,1-4H3. The van der Waals surface area contributed by atoms with E-state index in [1.165, 1.54) is 0 Å². The molecule has 1 rings (SSSR count). The molecule has 0 aliphatic carbocycles. The van der Waals surface area contributed by atoms with Gasteiger partial charge in [0.1, 0.15) is 17.3 Å². The lowest BCUT2D eigenvalue weighted by Gasteiger charge is -2.06. The van der Waals surface area contributed by atoms with Crippen LogP contribution < -0.4 is 5.32 Å². The summed E-state index contributed by atoms with van der Waals surface area (Å²) in [6, 6.07) is 3.95. The Kier molecular flexibility index (Phi) is 5.41. The third-order valence-electron chi connectivity index (χ3n) is 2.35. The minimum absolute atomic E-state index is 0.00708. The van der Waals surface area contributed by atoms with E-state index in [0.29, 0.717) is 18.3 Å². The first-order valence-electron chi connectivity index (χ1n) is 6.30. The largest absolute Gasteiger partial charge is 0.464 e. The van der Waals surface area contributed by atoms with E-state index in [1.807, 2.05) is 19.9 Å². The Morgan fingerprint density at radius 2 is 1.78 bits per heavy atom. The van der Waals surface area contributed by atoms with Crippen LogP contribution >= 0.6 is 0 Å². The summed E-state index contributed by atoms with van der Waals surface area (Å²) < 4.78 is 29.1. The third kappa shape index (κ3) is 5.69. The smallest absolute Gasteiger partial charge is 0.157 e. The van der Waals surface area contributed by atoms with Crippen LogP contribution in [0.3, 0.4) is 0 Å². The monoisotopic (exact) mass is 273 g/mol. The highest BCUT2D eigenvalue weighted by Crippen LogP contribution is 2.13. The Morgan fingerprint density at radius 1 is 1.17 bits per heavy atom. The molecule has 0 saturated heterocycles. The summed E-state index contributed by atoms with van der Waals surface area (Å²) >= 11 is 0. The van der Waals surface area contributed by atoms with Crippen molar-refractivity contribution in [1.29, 1.82) is 0 Å². The van der Waals surface area contributed by atoms with Crippen molar-refractivity contribution in [3.8, 4) is 0 Å². The van der Waals surface area contributed by atoms with Gasteiger partial charge in [-0.15, -0.1) is 0 Å². The number of nitrogens with one attached hydrogen (secondary N) is 1. The van der Waals surface area contributed by atoms with Gasteiger partial charge in [-0.3, -0.25) is 0 Å². The van der Waals surface area contributed by atoms with E-state index in [4.69, 9.17) is 4.42 Å². The second-order valence-corrected chi connectivity index (χ2v) is 7.46. The molecule has 1 aromatic heterocycles. The second kappa shape index (κ2) is 6.38. The first kappa shape index (κ1) is 15.2. The molecule has 1 N–H and O–H groups in total. The van der Waals surface area contributed by atoms with Gasteiger partial charge >= 0.3 is 0 Å². The molecular weight excluding hydrogens is 250 g/mol. The molecule has 18 heavy (non-hydrogen) atoms. The van der Waals surface area contributed by atoms with Crippen molar-refractivity contribution in [2.75, 3.05) is 5.75 Å². The van der Waals surface area contributed by atoms with Crippen LogP contribution in [0.5, 0.6) is 0 Å². The number of furan rings is 1. The molecule has 0 saturated carbocycles. The molecular formula is C13H23NO3S. The topological polar surface area (TPSA) is 59.3 Å². The summed E-state index contributed by atoms with van der Waals surface area (Å²) in [4.78, 5) is 0. The molecule has 0 amide bonds. The van der Waals surface area contributed by atoms with Crippen molar-refractivity contribution in [3.63, 3.8) is 0 Å². The van der Waals surface area contributed by atoms with Gasteiger partial charge in [0.15, 0.2) is 9.84 Å². The molecule has 1 aromatic rings. The van der Waals surface area contributed by atoms with Gasteiger partial charge in [-0.1, -0.05) is 27.7 Å². The molecule has 104 valence electrons. The van der Waals surface area contributed by atoms with Gasteiger partial charge in [-0.05, 0) is 18.1 Å². The maximum absolute atomic E-state index is 11.8. The first-order chi connectivity index (χ1) is 8.28. The molecule has 1 heterocycles. The summed E-state index contributed by atoms with van der Waals surface area (Å²) in [5.41, 5.74) is 0. The number of sulfone groups is 1. The SMILES string of the molecule is CC(C)CS(=O)(=O)Cc1ccc(CNC(C)C)o1. The summed E-state index contributed by atoms with van der Waals surface area (Å²) in [6.45, 7) is 8.53. The molecule has 0 fully saturated rings. The van der Waals surface area contributed by atoms with Crippen molar-refractivity contribution in [2.45, 2.75) is 46.0 Å². The predicted molar refractivity (Wildman–Crippen MR) is 73.0 cm³/mol. The second-order valence-electron chi connectivity index (χ2n) is 5.35. The molecule has 0 aliphatic heterocycles. The lowest BCUT2D eigenvalue weighted by molar-refractivity contribution is 0.443. The lowest BCUT2D eigenvalue weighted by atomic mass is 10.3. The van der Waals surface area contributed by atoms with E-state index < -0.39 is 9.84 Å². The van der Waals surface area contributed by atoms with Crippen LogP contribution in [-0.4, -0.2) is 20.2 Å². The summed E-state index contributed by atoms with van der Waals surface area (Å²) in [5, 5.41) is 3.23. The first-order valence-corrected chi connectivity index (χ1v) is 8.12. The Morgan fingerprint density at radius 3 is 2.33 bits per heavy atom. The minimum atomic E-state index is -3.07. The molecule has 0 radical (unpaired) electrons. The van der Waals surface area contributed by atoms with Gasteiger partial charge in [-0.25, -0.2) is 8.42 Å². The van der Waals surface area contributed by atoms with Crippen LogP contribution in [0.25, 0.3) is 0 Å². The van der Waals surface area contributed by atoms with Crippen molar-refractivity contribution >= 4 is 9.84 Å². The molecule has 0 atom stereocenters. The Labute approximate surface area is 110 Å². The fourth-order valence-corrected chi connectivity index (χ4v) is 3.41. The van der Waals surface area contributed by atoms with Crippen molar-refractivity contribution < 1.29 is 12.8 Å². The maximum atomic E-state index is 11.8. The third-order valence-corrected chi connectivity index (χ3v) is 4.25. The zero-order chi connectivity index (χ0) is 13.8. The highest BCUT2D eigenvalue weighted by atomic mass is 32.2. The summed E-state index contributed by atoms with van der Waals surface area (Å²) in [5.74, 6) is 1.64. The summed E-state index contributed by atoms with van der Waals surface area (Å²) in [6.07, 6.45) is 0. The quantitative estimate of drug-likeness (QED) is 0.828. The molecule has 0 aromatic carbocycles. The van der Waals surface area contributed by atoms with Crippen LogP contribution in [0.2, 0.25) is 0 Å². The maximum Gasteiger partial charge on any atom is 0.157 e. The van der Waals surface area contributed by atoms with Crippen LogP contribution in [0.4, 0.5) is 0 Å². The zero-order valence-corrected chi connectivity index (χ0v) is 12.4. The van der Waals surface area contributed by atoms with Crippen LogP contribution in [0.15, 0.2) is 16.5 Å². The van der Waals surface area contributed by atoms with Gasteiger partial charge < -0.3 is 9.73 Å². The van der Waals surface area contributed by atoms with Crippen molar-refractivity contribution in [1.82, 2.24) is 5.32 Å². The Balaban J connectivity index is 2.58. The minimum Gasteiger partial charge on any atom is -0.464 e. The van der Waals surface area contributed by atoms with Crippen molar-refractivity contribution in [2.24, 2.45) is 5.92 Å². The highest BCUT2D eigenvalue weighted by molar-refractivity contribution is 7.90. The van der Waals surface area contributed by atoms with E-state index in [0.717, 1.165) is 5.76 Å². The molecule has 0 unspecified atom stereocenters. The summed E-state index contributed by atoms with van der Waals surface area (Å²) in [7, 11) is -3.07. The normalized spacial score (nSPS) is 12.6. The van der Waals surface area contributed by atoms with Gasteiger partial charge in [0.25, 0.3) is 0 Å². The molecule has 4 nitrogen and oxygen atoms in total. The van der Waals surface area contributed by atoms with E-state index in [9.17, 15) is 8.42 Å². The number of hydrogen-bond donors (Lipinski definition) is 1. The Hall–Kier alpha value is -0.810. The average Bonchev–Trinajstić information content (AvgIpc) is 2.59. The van der Waals surface area contributed by atoms with E-state index in [-0.39, 0.29) is 17.4 Å². The van der Waals surface area contributed by atoms with E-state index in [2.05, 4.69) is 19.2 Å². The highest BCUT2D eigenvalue weighted by Gasteiger charge is 2.16. The molecule has 0 aliphatic rings. The van der Waals surface area contributed by atoms with Gasteiger partial charge in [0.2, 0.25) is 0 Å². The fraction of sp³-hybridized carbons (Fsp3) is 0.692. The van der Waals surface area contributed by atoms with Crippen LogP contribution in [-0.2, 0) is 22.1 Å². The lowest BCUT2D eigenvalue weighted by Crippen LogP contribution is -2.21. The van der Waals surface area contributed by atoms with Crippen LogP contribution in [0.1, 0.15) is 39.2 Å². The van der Waals surface area contributed by atoms with Gasteiger partial charge in [0.05, 0.1) is 12.3 Å². The van der Waals surface area contributed by atoms with Crippen molar-refractivity contribution in [3.05, 3.63) is 23.7 Å².